The van der Waals surface area contributed by atoms with Crippen LogP contribution >= 0.6 is 21.6 Å². The Kier molecular flexibility index (Phi) is 5.11. The van der Waals surface area contributed by atoms with Gasteiger partial charge >= 0.3 is 5.97 Å². The van der Waals surface area contributed by atoms with Crippen LogP contribution in [0.1, 0.15) is 26.7 Å². The van der Waals surface area contributed by atoms with Gasteiger partial charge in [0.1, 0.15) is 10.7 Å². The Morgan fingerprint density at radius 3 is 2.60 bits per heavy atom. The third kappa shape index (κ3) is 3.19. The van der Waals surface area contributed by atoms with E-state index in [9.17, 15) is 14.4 Å². The van der Waals surface area contributed by atoms with E-state index in [2.05, 4.69) is 10.6 Å². The Morgan fingerprint density at radius 2 is 2.00 bits per heavy atom. The predicted molar refractivity (Wildman–Crippen MR) is 78.3 cm³/mol. The van der Waals surface area contributed by atoms with Gasteiger partial charge in [-0.25, -0.2) is 0 Å². The SMILES string of the molecule is CC[C@H](C)[C@@H]1NC2N[C@@H](CC(=O)O)C(=O)C(SS2)C1=O. The Hall–Kier alpha value is -0.570. The zero-order valence-electron chi connectivity index (χ0n) is 11.3. The van der Waals surface area contributed by atoms with Crippen molar-refractivity contribution in [3.8, 4) is 0 Å². The van der Waals surface area contributed by atoms with Crippen molar-refractivity contribution in [3.05, 3.63) is 0 Å². The normalized spacial score (nSPS) is 35.5. The predicted octanol–water partition coefficient (Wildman–Crippen LogP) is 0.623. The molecule has 3 N–H and O–H groups in total. The van der Waals surface area contributed by atoms with Gasteiger partial charge in [-0.05, 0) is 5.92 Å². The molecule has 112 valence electrons. The van der Waals surface area contributed by atoms with E-state index in [0.29, 0.717) is 0 Å². The Morgan fingerprint density at radius 1 is 1.30 bits per heavy atom. The average Bonchev–Trinajstić information content (AvgIpc) is 2.64. The number of carboxylic acids is 1. The number of hydrogen-bond acceptors (Lipinski definition) is 7. The fourth-order valence-corrected chi connectivity index (χ4v) is 5.03. The number of carboxylic acid groups (broad SMARTS) is 1. The quantitative estimate of drug-likeness (QED) is 0.513. The summed E-state index contributed by atoms with van der Waals surface area (Å²) in [6.45, 7) is 3.98. The summed E-state index contributed by atoms with van der Waals surface area (Å²) in [5.41, 5.74) is -0.288. The van der Waals surface area contributed by atoms with Gasteiger partial charge in [-0.1, -0.05) is 41.9 Å². The molecule has 6 nitrogen and oxygen atoms in total. The molecule has 2 unspecified atom stereocenters. The highest BCUT2D eigenvalue weighted by Gasteiger charge is 2.46. The van der Waals surface area contributed by atoms with E-state index in [0.717, 1.165) is 6.42 Å². The molecule has 5 atom stereocenters. The molecule has 0 aromatic carbocycles. The lowest BCUT2D eigenvalue weighted by atomic mass is 9.90. The summed E-state index contributed by atoms with van der Waals surface area (Å²) in [6, 6.07) is -1.17. The van der Waals surface area contributed by atoms with Crippen LogP contribution in [0, 0.1) is 5.92 Å². The molecule has 2 aliphatic heterocycles. The maximum absolute atomic E-state index is 12.5. The minimum atomic E-state index is -1.04. The molecule has 0 aliphatic carbocycles. The molecule has 0 aromatic heterocycles. The van der Waals surface area contributed by atoms with Crippen molar-refractivity contribution >= 4 is 39.1 Å². The summed E-state index contributed by atoms with van der Waals surface area (Å²) in [5, 5.41) is 14.3. The van der Waals surface area contributed by atoms with Gasteiger partial charge in [0, 0.05) is 0 Å². The first-order chi connectivity index (χ1) is 9.43. The van der Waals surface area contributed by atoms with Crippen LogP contribution in [-0.2, 0) is 14.4 Å². The van der Waals surface area contributed by atoms with Crippen LogP contribution in [0.3, 0.4) is 0 Å². The molecular formula is C12H18N2O4S2. The van der Waals surface area contributed by atoms with Crippen LogP contribution in [0.5, 0.6) is 0 Å². The Labute approximate surface area is 125 Å². The molecule has 20 heavy (non-hydrogen) atoms. The van der Waals surface area contributed by atoms with Gasteiger partial charge in [0.2, 0.25) is 0 Å². The number of aliphatic carboxylic acids is 1. The summed E-state index contributed by atoms with van der Waals surface area (Å²) < 4.78 is 0. The number of fused-ring (bicyclic) bond motifs is 3. The van der Waals surface area contributed by atoms with Crippen molar-refractivity contribution in [2.24, 2.45) is 5.92 Å². The third-order valence-corrected chi connectivity index (χ3v) is 6.41. The minimum absolute atomic E-state index is 0.124. The van der Waals surface area contributed by atoms with E-state index < -0.39 is 17.3 Å². The Bertz CT molecular complexity index is 432. The van der Waals surface area contributed by atoms with Crippen molar-refractivity contribution in [1.82, 2.24) is 10.6 Å². The first-order valence-corrected chi connectivity index (χ1v) is 8.85. The fraction of sp³-hybridized carbons (Fsp3) is 0.750. The van der Waals surface area contributed by atoms with Gasteiger partial charge in [-0.3, -0.25) is 25.0 Å². The van der Waals surface area contributed by atoms with E-state index in [1.807, 2.05) is 13.8 Å². The van der Waals surface area contributed by atoms with Crippen molar-refractivity contribution in [2.75, 3.05) is 0 Å². The molecular weight excluding hydrogens is 300 g/mol. The lowest BCUT2D eigenvalue weighted by Gasteiger charge is -2.31. The second-order valence-electron chi connectivity index (χ2n) is 5.10. The number of nitrogens with one attached hydrogen (secondary N) is 2. The lowest BCUT2D eigenvalue weighted by molar-refractivity contribution is -0.140. The molecule has 2 rings (SSSR count). The van der Waals surface area contributed by atoms with Gasteiger partial charge in [-0.15, -0.1) is 0 Å². The number of hydrogen-bond donors (Lipinski definition) is 3. The average molecular weight is 318 g/mol. The molecule has 0 radical (unpaired) electrons. The van der Waals surface area contributed by atoms with Crippen LogP contribution < -0.4 is 10.6 Å². The third-order valence-electron chi connectivity index (χ3n) is 3.69. The number of carbonyl (C=O) groups is 3. The largest absolute Gasteiger partial charge is 0.481 e. The first-order valence-electron chi connectivity index (χ1n) is 6.57. The molecule has 2 saturated heterocycles. The molecule has 2 heterocycles. The summed E-state index contributed by atoms with van der Waals surface area (Å²) in [6.07, 6.45) is 0.542. The van der Waals surface area contributed by atoms with Crippen LogP contribution in [0.4, 0.5) is 0 Å². The monoisotopic (exact) mass is 318 g/mol. The maximum atomic E-state index is 12.5. The molecule has 2 aliphatic rings. The standard InChI is InChI=1S/C12H18N2O4S2/c1-3-5(2)8-10(18)11-9(17)6(4-7(15)16)13-12(14-8)20-19-11/h5-6,8,11-14H,3-4H2,1-2H3,(H,15,16)/t5-,6-,8-,11?,12?/m0/s1. The zero-order valence-corrected chi connectivity index (χ0v) is 12.9. The molecule has 0 saturated carbocycles. The van der Waals surface area contributed by atoms with E-state index >= 15 is 0 Å². The summed E-state index contributed by atoms with van der Waals surface area (Å²) >= 11 is 0. The second-order valence-corrected chi connectivity index (χ2v) is 7.59. The second kappa shape index (κ2) is 6.46. The van der Waals surface area contributed by atoms with Crippen molar-refractivity contribution in [2.45, 2.75) is 49.5 Å². The number of carbonyl (C=O) groups excluding carboxylic acids is 2. The highest BCUT2D eigenvalue weighted by Crippen LogP contribution is 2.38. The van der Waals surface area contributed by atoms with Crippen molar-refractivity contribution in [3.63, 3.8) is 0 Å². The van der Waals surface area contributed by atoms with Crippen LogP contribution in [0.2, 0.25) is 0 Å². The van der Waals surface area contributed by atoms with Crippen molar-refractivity contribution < 1.29 is 19.5 Å². The van der Waals surface area contributed by atoms with Crippen molar-refractivity contribution in [1.29, 1.82) is 0 Å². The van der Waals surface area contributed by atoms with Gasteiger partial charge in [-0.2, -0.15) is 0 Å². The minimum Gasteiger partial charge on any atom is -0.481 e. The van der Waals surface area contributed by atoms with E-state index in [1.54, 1.807) is 0 Å². The highest BCUT2D eigenvalue weighted by molar-refractivity contribution is 8.77. The summed E-state index contributed by atoms with van der Waals surface area (Å²) in [5.74, 6) is -1.34. The van der Waals surface area contributed by atoms with Crippen LogP contribution in [0.25, 0.3) is 0 Å². The molecule has 2 fully saturated rings. The molecule has 0 spiro atoms. The molecule has 8 heteroatoms. The highest BCUT2D eigenvalue weighted by atomic mass is 33.1. The Balaban J connectivity index is 2.24. The van der Waals surface area contributed by atoms with E-state index in [1.165, 1.54) is 21.6 Å². The molecule has 2 bridgehead atoms. The fourth-order valence-electron chi connectivity index (χ4n) is 2.32. The zero-order chi connectivity index (χ0) is 14.9. The topological polar surface area (TPSA) is 95.5 Å². The number of rotatable bonds is 4. The molecule has 0 amide bonds. The maximum Gasteiger partial charge on any atom is 0.305 e. The van der Waals surface area contributed by atoms with Gasteiger partial charge in [0.05, 0.1) is 18.5 Å². The van der Waals surface area contributed by atoms with Gasteiger partial charge in [0.15, 0.2) is 11.6 Å². The smallest absolute Gasteiger partial charge is 0.305 e. The van der Waals surface area contributed by atoms with Gasteiger partial charge in [0.25, 0.3) is 0 Å². The van der Waals surface area contributed by atoms with E-state index in [-0.39, 0.29) is 35.4 Å². The lowest BCUT2D eigenvalue weighted by Crippen LogP contribution is -2.60. The summed E-state index contributed by atoms with van der Waals surface area (Å²) in [4.78, 5) is 35.7. The first kappa shape index (κ1) is 15.8. The number of ketones is 2. The molecule has 0 aromatic rings. The summed E-state index contributed by atoms with van der Waals surface area (Å²) in [7, 11) is 2.62. The van der Waals surface area contributed by atoms with Gasteiger partial charge < -0.3 is 5.11 Å². The van der Waals surface area contributed by atoms with Crippen LogP contribution in [-0.4, -0.2) is 45.5 Å². The van der Waals surface area contributed by atoms with Crippen LogP contribution in [0.15, 0.2) is 0 Å². The number of Topliss-reactive ketones (excluding diaryl/α,β-unsaturated/α-hetero) is 2. The van der Waals surface area contributed by atoms with E-state index in [4.69, 9.17) is 5.11 Å².